The predicted molar refractivity (Wildman–Crippen MR) is 58.4 cm³/mol. The summed E-state index contributed by atoms with van der Waals surface area (Å²) in [6.07, 6.45) is 1.07. The maximum atomic E-state index is 10.8. The Morgan fingerprint density at radius 2 is 2.07 bits per heavy atom. The highest BCUT2D eigenvalue weighted by molar-refractivity contribution is 5.58. The number of hydrogen-bond acceptors (Lipinski definition) is 3. The molecule has 0 saturated carbocycles. The largest absolute Gasteiger partial charge is 0.303 e. The van der Waals surface area contributed by atoms with E-state index in [4.69, 9.17) is 0 Å². The molecule has 0 spiro atoms. The van der Waals surface area contributed by atoms with Gasteiger partial charge in [0.15, 0.2) is 0 Å². The van der Waals surface area contributed by atoms with Crippen molar-refractivity contribution < 1.29 is 4.79 Å². The third kappa shape index (κ3) is 3.07. The molecule has 1 heterocycles. The van der Waals surface area contributed by atoms with Gasteiger partial charge < -0.3 is 9.69 Å². The number of nitrogens with zero attached hydrogens (tertiary/aromatic N) is 2. The number of carbonyl (C=O) groups excluding carboxylic acids is 1. The second-order valence-electron chi connectivity index (χ2n) is 5.17. The van der Waals surface area contributed by atoms with E-state index in [-0.39, 0.29) is 5.41 Å². The van der Waals surface area contributed by atoms with E-state index in [1.165, 1.54) is 0 Å². The molecule has 1 atom stereocenters. The van der Waals surface area contributed by atoms with Gasteiger partial charge >= 0.3 is 0 Å². The Morgan fingerprint density at radius 3 is 2.57 bits per heavy atom. The van der Waals surface area contributed by atoms with Crippen LogP contribution >= 0.6 is 0 Å². The fourth-order valence-electron chi connectivity index (χ4n) is 1.88. The Kier molecular flexibility index (Phi) is 3.67. The number of carbonyl (C=O) groups is 1. The van der Waals surface area contributed by atoms with E-state index in [0.29, 0.717) is 6.04 Å². The minimum Gasteiger partial charge on any atom is -0.303 e. The Hall–Kier alpha value is -0.410. The van der Waals surface area contributed by atoms with E-state index in [9.17, 15) is 4.79 Å². The van der Waals surface area contributed by atoms with Crippen molar-refractivity contribution in [3.63, 3.8) is 0 Å². The summed E-state index contributed by atoms with van der Waals surface area (Å²) in [6.45, 7) is 10.4. The van der Waals surface area contributed by atoms with Gasteiger partial charge in [-0.15, -0.1) is 0 Å². The van der Waals surface area contributed by atoms with Crippen molar-refractivity contribution in [3.8, 4) is 0 Å². The first kappa shape index (κ1) is 11.7. The average molecular weight is 198 g/mol. The molecule has 1 aliphatic rings. The predicted octanol–water partition coefficient (Wildman–Crippen LogP) is 0.847. The summed E-state index contributed by atoms with van der Waals surface area (Å²) >= 11 is 0. The van der Waals surface area contributed by atoms with Crippen molar-refractivity contribution in [1.29, 1.82) is 0 Å². The lowest BCUT2D eigenvalue weighted by molar-refractivity contribution is -0.116. The normalized spacial score (nSPS) is 26.4. The highest BCUT2D eigenvalue weighted by Gasteiger charge is 2.26. The number of piperazine rings is 1. The van der Waals surface area contributed by atoms with Crippen LogP contribution in [0.4, 0.5) is 0 Å². The van der Waals surface area contributed by atoms with Crippen LogP contribution in [0, 0.1) is 5.41 Å². The number of likely N-dealkylation sites (N-methyl/N-ethyl adjacent to an activating group) is 1. The van der Waals surface area contributed by atoms with Gasteiger partial charge in [-0.2, -0.15) is 0 Å². The van der Waals surface area contributed by atoms with Crippen LogP contribution in [0.5, 0.6) is 0 Å². The van der Waals surface area contributed by atoms with Gasteiger partial charge in [0.25, 0.3) is 0 Å². The van der Waals surface area contributed by atoms with Gasteiger partial charge in [0.2, 0.25) is 0 Å². The molecule has 1 unspecified atom stereocenters. The van der Waals surface area contributed by atoms with Crippen molar-refractivity contribution in [2.24, 2.45) is 5.41 Å². The molecule has 0 radical (unpaired) electrons. The molecular formula is C11H22N2O. The van der Waals surface area contributed by atoms with E-state index in [1.807, 2.05) is 13.8 Å². The van der Waals surface area contributed by atoms with Gasteiger partial charge in [0.05, 0.1) is 0 Å². The first-order chi connectivity index (χ1) is 6.44. The molecule has 0 aromatic rings. The Morgan fingerprint density at radius 1 is 1.43 bits per heavy atom. The van der Waals surface area contributed by atoms with E-state index in [2.05, 4.69) is 23.8 Å². The van der Waals surface area contributed by atoms with Crippen LogP contribution in [0.1, 0.15) is 20.8 Å². The SMILES string of the molecule is CC1CN(CC(C)(C)C=O)CCN1C. The first-order valence-electron chi connectivity index (χ1n) is 5.33. The lowest BCUT2D eigenvalue weighted by atomic mass is 9.94. The maximum absolute atomic E-state index is 10.8. The lowest BCUT2D eigenvalue weighted by Gasteiger charge is -2.39. The number of hydrogen-bond donors (Lipinski definition) is 0. The van der Waals surface area contributed by atoms with Gasteiger partial charge in [-0.1, -0.05) is 13.8 Å². The molecule has 1 fully saturated rings. The smallest absolute Gasteiger partial charge is 0.126 e. The molecule has 0 aromatic carbocycles. The zero-order valence-electron chi connectivity index (χ0n) is 9.79. The standard InChI is InChI=1S/C11H22N2O/c1-10-7-13(6-5-12(10)4)8-11(2,3)9-14/h9-10H,5-8H2,1-4H3. The quantitative estimate of drug-likeness (QED) is 0.628. The van der Waals surface area contributed by atoms with Crippen molar-refractivity contribution in [2.75, 3.05) is 33.2 Å². The second-order valence-corrected chi connectivity index (χ2v) is 5.17. The van der Waals surface area contributed by atoms with E-state index < -0.39 is 0 Å². The molecule has 3 heteroatoms. The van der Waals surface area contributed by atoms with Crippen molar-refractivity contribution in [3.05, 3.63) is 0 Å². The molecule has 0 bridgehead atoms. The summed E-state index contributed by atoms with van der Waals surface area (Å²) in [5, 5.41) is 0. The highest BCUT2D eigenvalue weighted by Crippen LogP contribution is 2.16. The van der Waals surface area contributed by atoms with Crippen molar-refractivity contribution >= 4 is 6.29 Å². The van der Waals surface area contributed by atoms with E-state index in [0.717, 1.165) is 32.5 Å². The summed E-state index contributed by atoms with van der Waals surface area (Å²) in [4.78, 5) is 15.6. The Bertz CT molecular complexity index is 203. The summed E-state index contributed by atoms with van der Waals surface area (Å²) in [5.74, 6) is 0. The molecule has 0 N–H and O–H groups in total. The fourth-order valence-corrected chi connectivity index (χ4v) is 1.88. The van der Waals surface area contributed by atoms with Crippen LogP contribution in [-0.2, 0) is 4.79 Å². The lowest BCUT2D eigenvalue weighted by Crippen LogP contribution is -2.52. The average Bonchev–Trinajstić information content (AvgIpc) is 2.11. The summed E-state index contributed by atoms with van der Waals surface area (Å²) in [7, 11) is 2.16. The first-order valence-corrected chi connectivity index (χ1v) is 5.33. The molecule has 0 amide bonds. The Labute approximate surface area is 87.1 Å². The molecular weight excluding hydrogens is 176 g/mol. The molecule has 1 rings (SSSR count). The summed E-state index contributed by atoms with van der Waals surface area (Å²) < 4.78 is 0. The highest BCUT2D eigenvalue weighted by atomic mass is 16.1. The van der Waals surface area contributed by atoms with Crippen LogP contribution in [0.3, 0.4) is 0 Å². The van der Waals surface area contributed by atoms with Crippen LogP contribution < -0.4 is 0 Å². The van der Waals surface area contributed by atoms with Crippen molar-refractivity contribution in [1.82, 2.24) is 9.80 Å². The van der Waals surface area contributed by atoms with Gasteiger partial charge in [0.1, 0.15) is 6.29 Å². The van der Waals surface area contributed by atoms with Gasteiger partial charge in [0, 0.05) is 37.6 Å². The van der Waals surface area contributed by atoms with Crippen LogP contribution in [0.25, 0.3) is 0 Å². The van der Waals surface area contributed by atoms with Crippen molar-refractivity contribution in [2.45, 2.75) is 26.8 Å². The third-order valence-corrected chi connectivity index (χ3v) is 2.99. The number of rotatable bonds is 3. The topological polar surface area (TPSA) is 23.6 Å². The van der Waals surface area contributed by atoms with E-state index in [1.54, 1.807) is 0 Å². The minimum atomic E-state index is -0.199. The van der Waals surface area contributed by atoms with Crippen LogP contribution in [-0.4, -0.2) is 55.4 Å². The number of aldehydes is 1. The fraction of sp³-hybridized carbons (Fsp3) is 0.909. The molecule has 0 aromatic heterocycles. The zero-order valence-corrected chi connectivity index (χ0v) is 9.79. The maximum Gasteiger partial charge on any atom is 0.126 e. The summed E-state index contributed by atoms with van der Waals surface area (Å²) in [6, 6.07) is 0.603. The molecule has 3 nitrogen and oxygen atoms in total. The Balaban J connectivity index is 2.44. The van der Waals surface area contributed by atoms with Crippen LogP contribution in [0.15, 0.2) is 0 Å². The zero-order chi connectivity index (χ0) is 10.8. The van der Waals surface area contributed by atoms with Gasteiger partial charge in [-0.3, -0.25) is 4.90 Å². The third-order valence-electron chi connectivity index (χ3n) is 2.99. The molecule has 1 saturated heterocycles. The molecule has 1 aliphatic heterocycles. The van der Waals surface area contributed by atoms with E-state index >= 15 is 0 Å². The van der Waals surface area contributed by atoms with Gasteiger partial charge in [-0.05, 0) is 14.0 Å². The summed E-state index contributed by atoms with van der Waals surface area (Å²) in [5.41, 5.74) is -0.199. The minimum absolute atomic E-state index is 0.199. The second kappa shape index (κ2) is 4.41. The molecule has 0 aliphatic carbocycles. The molecule has 82 valence electrons. The van der Waals surface area contributed by atoms with Crippen LogP contribution in [0.2, 0.25) is 0 Å². The molecule has 14 heavy (non-hydrogen) atoms. The van der Waals surface area contributed by atoms with Gasteiger partial charge in [-0.25, -0.2) is 0 Å². The monoisotopic (exact) mass is 198 g/mol.